The molecule has 0 unspecified atom stereocenters. The number of aromatic nitrogens is 3. The molecule has 0 radical (unpaired) electrons. The van der Waals surface area contributed by atoms with E-state index in [0.717, 1.165) is 43.7 Å². The number of rotatable bonds is 5. The number of anilines is 1. The van der Waals surface area contributed by atoms with Crippen LogP contribution < -0.4 is 4.90 Å². The van der Waals surface area contributed by atoms with Gasteiger partial charge in [-0.05, 0) is 12.8 Å². The third-order valence-corrected chi connectivity index (χ3v) is 5.82. The van der Waals surface area contributed by atoms with Gasteiger partial charge in [0, 0.05) is 63.1 Å². The molecule has 0 aliphatic carbocycles. The second-order valence-electron chi connectivity index (χ2n) is 7.35. The first-order valence-electron chi connectivity index (χ1n) is 8.98. The van der Waals surface area contributed by atoms with Crippen LogP contribution in [-0.4, -0.2) is 63.9 Å². The van der Waals surface area contributed by atoms with Gasteiger partial charge in [-0.15, -0.1) is 11.3 Å². The minimum absolute atomic E-state index is 0.0920. The van der Waals surface area contributed by atoms with Crippen LogP contribution in [0, 0.1) is 5.92 Å². The van der Waals surface area contributed by atoms with Crippen LogP contribution in [0.5, 0.6) is 0 Å². The summed E-state index contributed by atoms with van der Waals surface area (Å²) in [5.41, 5.74) is 3.92. The van der Waals surface area contributed by atoms with Crippen LogP contribution >= 0.6 is 11.3 Å². The van der Waals surface area contributed by atoms with Gasteiger partial charge >= 0.3 is 0 Å². The third-order valence-electron chi connectivity index (χ3n) is 5.18. The summed E-state index contributed by atoms with van der Waals surface area (Å²) in [7, 11) is 3.87. The first-order chi connectivity index (χ1) is 12.6. The Labute approximate surface area is 157 Å². The molecule has 5 heterocycles. The number of thiazole rings is 1. The summed E-state index contributed by atoms with van der Waals surface area (Å²) in [6, 6.07) is 0.268. The molecule has 5 rings (SSSR count). The fourth-order valence-corrected chi connectivity index (χ4v) is 4.43. The topological polar surface area (TPSA) is 65.5 Å². The van der Waals surface area contributed by atoms with Crippen LogP contribution in [0.3, 0.4) is 0 Å². The number of fused-ring (bicyclic) bond motifs is 4. The lowest BCUT2D eigenvalue weighted by atomic mass is 9.94. The summed E-state index contributed by atoms with van der Waals surface area (Å²) in [6.07, 6.45) is 5.85. The maximum atomic E-state index is 12.9. The Morgan fingerprint density at radius 3 is 2.65 bits per heavy atom. The highest BCUT2D eigenvalue weighted by Crippen LogP contribution is 2.31. The van der Waals surface area contributed by atoms with Crippen LogP contribution in [0.4, 0.5) is 5.95 Å². The largest absolute Gasteiger partial charge is 0.347 e. The van der Waals surface area contributed by atoms with Gasteiger partial charge in [-0.1, -0.05) is 0 Å². The second kappa shape index (κ2) is 7.28. The number of hydrogen-bond acceptors (Lipinski definition) is 7. The van der Waals surface area contributed by atoms with Crippen molar-refractivity contribution in [3.05, 3.63) is 34.5 Å². The molecule has 7 nitrogen and oxygen atoms in total. The van der Waals surface area contributed by atoms with E-state index in [0.29, 0.717) is 12.5 Å². The highest BCUT2D eigenvalue weighted by molar-refractivity contribution is 7.07. The van der Waals surface area contributed by atoms with E-state index in [1.165, 1.54) is 0 Å². The second-order valence-corrected chi connectivity index (χ2v) is 8.07. The van der Waals surface area contributed by atoms with E-state index in [2.05, 4.69) is 24.8 Å². The number of carbonyl (C=O) groups excluding carboxylic acids is 1. The Kier molecular flexibility index (Phi) is 4.86. The molecule has 2 atom stereocenters. The first kappa shape index (κ1) is 17.4. The van der Waals surface area contributed by atoms with Gasteiger partial charge in [0.25, 0.3) is 0 Å². The van der Waals surface area contributed by atoms with Crippen molar-refractivity contribution in [2.45, 2.75) is 32.0 Å². The minimum atomic E-state index is 0.0920. The molecule has 0 spiro atoms. The summed E-state index contributed by atoms with van der Waals surface area (Å²) < 4.78 is 0. The van der Waals surface area contributed by atoms with E-state index >= 15 is 0 Å². The Bertz CT molecular complexity index is 748. The molecule has 2 bridgehead atoms. The number of piperidine rings is 1. The molecule has 3 saturated heterocycles. The lowest BCUT2D eigenvalue weighted by molar-refractivity contribution is -0.140. The summed E-state index contributed by atoms with van der Waals surface area (Å²) in [5.74, 6) is 1.10. The molecule has 1 amide bonds. The van der Waals surface area contributed by atoms with E-state index in [1.807, 2.05) is 42.3 Å². The summed E-state index contributed by atoms with van der Waals surface area (Å²) >= 11 is 1.58. The van der Waals surface area contributed by atoms with Crippen molar-refractivity contribution in [2.75, 3.05) is 32.1 Å². The van der Waals surface area contributed by atoms with Crippen molar-refractivity contribution in [1.82, 2.24) is 24.8 Å². The number of carbonyl (C=O) groups is 1. The number of amides is 1. The van der Waals surface area contributed by atoms with Crippen molar-refractivity contribution in [3.8, 4) is 0 Å². The Balaban J connectivity index is 1.46. The standard InChI is InChI=1S/C18H24N6OS/c1-22(2)18-19-5-13(6-20-18)7-23-8-14-3-4-16(10-23)24(17(14)25)9-15-11-26-12-21-15/h5-6,11-12,14,16H,3-4,7-10H2,1-2H3/t14-,16+/m1/s1. The maximum Gasteiger partial charge on any atom is 0.227 e. The molecule has 138 valence electrons. The zero-order valence-electron chi connectivity index (χ0n) is 15.2. The predicted octanol–water partition coefficient (Wildman–Crippen LogP) is 1.62. The third kappa shape index (κ3) is 3.57. The van der Waals surface area contributed by atoms with Gasteiger partial charge in [0.2, 0.25) is 11.9 Å². The van der Waals surface area contributed by atoms with Crippen LogP contribution in [-0.2, 0) is 17.9 Å². The van der Waals surface area contributed by atoms with E-state index in [-0.39, 0.29) is 17.9 Å². The summed E-state index contributed by atoms with van der Waals surface area (Å²) in [6.45, 7) is 3.15. The zero-order chi connectivity index (χ0) is 18.1. The van der Waals surface area contributed by atoms with Crippen LogP contribution in [0.1, 0.15) is 24.1 Å². The SMILES string of the molecule is CN(C)c1ncc(CN2C[C@H]3CC[C@@H](C2)N(Cc2cscn2)C3=O)cn1. The molecule has 3 aliphatic rings. The van der Waals surface area contributed by atoms with Crippen molar-refractivity contribution >= 4 is 23.2 Å². The van der Waals surface area contributed by atoms with E-state index in [4.69, 9.17) is 0 Å². The van der Waals surface area contributed by atoms with Crippen LogP contribution in [0.2, 0.25) is 0 Å². The van der Waals surface area contributed by atoms with Crippen LogP contribution in [0.15, 0.2) is 23.3 Å². The Morgan fingerprint density at radius 2 is 1.96 bits per heavy atom. The van der Waals surface area contributed by atoms with E-state index in [9.17, 15) is 4.79 Å². The lowest BCUT2D eigenvalue weighted by Crippen LogP contribution is -2.47. The normalized spacial score (nSPS) is 23.3. The molecule has 2 aromatic rings. The molecule has 3 fully saturated rings. The number of hydrogen-bond donors (Lipinski definition) is 0. The van der Waals surface area contributed by atoms with Gasteiger partial charge in [-0.3, -0.25) is 9.69 Å². The monoisotopic (exact) mass is 372 g/mol. The molecule has 0 N–H and O–H groups in total. The predicted molar refractivity (Wildman–Crippen MR) is 101 cm³/mol. The molecule has 3 aliphatic heterocycles. The molecule has 0 aromatic carbocycles. The van der Waals surface area contributed by atoms with Crippen molar-refractivity contribution in [1.29, 1.82) is 0 Å². The smallest absolute Gasteiger partial charge is 0.227 e. The molecular formula is C18H24N6OS. The van der Waals surface area contributed by atoms with Gasteiger partial charge in [-0.25, -0.2) is 15.0 Å². The molecule has 2 aromatic heterocycles. The molecule has 26 heavy (non-hydrogen) atoms. The minimum Gasteiger partial charge on any atom is -0.347 e. The van der Waals surface area contributed by atoms with Crippen molar-refractivity contribution in [3.63, 3.8) is 0 Å². The summed E-state index contributed by atoms with van der Waals surface area (Å²) in [4.78, 5) is 32.4. The van der Waals surface area contributed by atoms with E-state index < -0.39 is 0 Å². The Morgan fingerprint density at radius 1 is 1.15 bits per heavy atom. The molecule has 0 saturated carbocycles. The average Bonchev–Trinajstić information content (AvgIpc) is 3.01. The highest BCUT2D eigenvalue weighted by Gasteiger charge is 2.40. The summed E-state index contributed by atoms with van der Waals surface area (Å²) in [5, 5.41) is 2.03. The molecule has 8 heteroatoms. The maximum absolute atomic E-state index is 12.9. The van der Waals surface area contributed by atoms with E-state index in [1.54, 1.807) is 11.3 Å². The Hall–Kier alpha value is -2.06. The van der Waals surface area contributed by atoms with Crippen molar-refractivity contribution < 1.29 is 4.79 Å². The van der Waals surface area contributed by atoms with Crippen LogP contribution in [0.25, 0.3) is 0 Å². The fraction of sp³-hybridized carbons (Fsp3) is 0.556. The molecular weight excluding hydrogens is 348 g/mol. The zero-order valence-corrected chi connectivity index (χ0v) is 16.0. The quantitative estimate of drug-likeness (QED) is 0.795. The van der Waals surface area contributed by atoms with Crippen molar-refractivity contribution in [2.24, 2.45) is 5.92 Å². The number of nitrogens with zero attached hydrogens (tertiary/aromatic N) is 6. The van der Waals surface area contributed by atoms with Gasteiger partial charge in [0.05, 0.1) is 23.7 Å². The fourth-order valence-electron chi connectivity index (χ4n) is 3.88. The lowest BCUT2D eigenvalue weighted by Gasteiger charge is -2.35. The van der Waals surface area contributed by atoms with Gasteiger partial charge in [-0.2, -0.15) is 0 Å². The van der Waals surface area contributed by atoms with Gasteiger partial charge < -0.3 is 9.80 Å². The van der Waals surface area contributed by atoms with Gasteiger partial charge in [0.15, 0.2) is 0 Å². The highest BCUT2D eigenvalue weighted by atomic mass is 32.1. The first-order valence-corrected chi connectivity index (χ1v) is 9.92. The van der Waals surface area contributed by atoms with Gasteiger partial charge in [0.1, 0.15) is 0 Å². The average molecular weight is 372 g/mol.